The molecule has 1 atom stereocenters. The van der Waals surface area contributed by atoms with Crippen molar-refractivity contribution in [2.45, 2.75) is 30.9 Å². The Morgan fingerprint density at radius 2 is 2.23 bits per heavy atom. The van der Waals surface area contributed by atoms with Crippen molar-refractivity contribution < 1.29 is 22.5 Å². The Morgan fingerprint density at radius 3 is 2.94 bits per heavy atom. The Bertz CT molecular complexity index is 946. The number of alkyl halides is 3. The largest absolute Gasteiger partial charge is 0.405 e. The van der Waals surface area contributed by atoms with E-state index < -0.39 is 30.1 Å². The summed E-state index contributed by atoms with van der Waals surface area (Å²) in [5, 5.41) is 9.61. The van der Waals surface area contributed by atoms with E-state index in [0.717, 1.165) is 24.4 Å². The van der Waals surface area contributed by atoms with Gasteiger partial charge in [-0.05, 0) is 37.9 Å². The minimum Gasteiger partial charge on any atom is -0.338 e. The van der Waals surface area contributed by atoms with Gasteiger partial charge in [0.15, 0.2) is 5.41 Å². The number of nitrogens with one attached hydrogen (secondary N) is 2. The third-order valence-electron chi connectivity index (χ3n) is 5.71. The molecule has 1 unspecified atom stereocenters. The molecule has 4 heterocycles. The van der Waals surface area contributed by atoms with Gasteiger partial charge < -0.3 is 20.1 Å². The number of halogens is 3. The number of aromatic nitrogens is 3. The first-order valence-corrected chi connectivity index (χ1v) is 10.1. The second-order valence-corrected chi connectivity index (χ2v) is 7.69. The lowest BCUT2D eigenvalue weighted by atomic mass is 9.86. The molecular weight excluding hydrogens is 413 g/mol. The maximum atomic E-state index is 14.1. The smallest absolute Gasteiger partial charge is 0.338 e. The van der Waals surface area contributed by atoms with Crippen LogP contribution < -0.4 is 10.6 Å². The monoisotopic (exact) mass is 436 g/mol. The molecule has 31 heavy (non-hydrogen) atoms. The Kier molecular flexibility index (Phi) is 5.94. The van der Waals surface area contributed by atoms with Gasteiger partial charge in [0.25, 0.3) is 0 Å². The Hall–Kier alpha value is -2.95. The predicted molar refractivity (Wildman–Crippen MR) is 105 cm³/mol. The van der Waals surface area contributed by atoms with Gasteiger partial charge in [0.05, 0.1) is 0 Å². The number of hydrogen-bond acceptors (Lipinski definition) is 6. The minimum atomic E-state index is -4.66. The van der Waals surface area contributed by atoms with E-state index in [0.29, 0.717) is 18.7 Å². The van der Waals surface area contributed by atoms with Crippen LogP contribution in [0.3, 0.4) is 0 Å². The summed E-state index contributed by atoms with van der Waals surface area (Å²) in [6.07, 6.45) is 0.164. The lowest BCUT2D eigenvalue weighted by molar-refractivity contribution is -0.193. The average molecular weight is 436 g/mol. The van der Waals surface area contributed by atoms with E-state index in [1.54, 1.807) is 18.2 Å². The molecule has 2 aliphatic heterocycles. The number of carbonyl (C=O) groups is 1. The summed E-state index contributed by atoms with van der Waals surface area (Å²) in [6, 6.07) is 4.42. The SMILES string of the molecule is O=C(NCCC1=CCNCC1)N1CCC(c2nc(-c3ccccn3)no2)(C(F)(F)F)C1. The van der Waals surface area contributed by atoms with Crippen LogP contribution in [0.5, 0.6) is 0 Å². The number of hydrogen-bond donors (Lipinski definition) is 2. The molecule has 2 aromatic rings. The van der Waals surface area contributed by atoms with Crippen molar-refractivity contribution in [2.24, 2.45) is 0 Å². The molecule has 0 spiro atoms. The zero-order valence-corrected chi connectivity index (χ0v) is 16.8. The molecule has 2 amide bonds. The molecule has 11 heteroatoms. The number of pyridine rings is 1. The van der Waals surface area contributed by atoms with Crippen LogP contribution in [0.2, 0.25) is 0 Å². The number of urea groups is 1. The van der Waals surface area contributed by atoms with E-state index in [4.69, 9.17) is 4.52 Å². The summed E-state index contributed by atoms with van der Waals surface area (Å²) < 4.78 is 47.4. The molecule has 0 bridgehead atoms. The van der Waals surface area contributed by atoms with Crippen LogP contribution in [-0.2, 0) is 5.41 Å². The number of carbonyl (C=O) groups excluding carboxylic acids is 1. The van der Waals surface area contributed by atoms with Crippen molar-refractivity contribution in [1.82, 2.24) is 30.7 Å². The van der Waals surface area contributed by atoms with Crippen molar-refractivity contribution in [1.29, 1.82) is 0 Å². The Balaban J connectivity index is 1.45. The van der Waals surface area contributed by atoms with E-state index in [1.165, 1.54) is 11.8 Å². The van der Waals surface area contributed by atoms with Crippen LogP contribution in [-0.4, -0.2) is 65.0 Å². The fourth-order valence-corrected chi connectivity index (χ4v) is 3.87. The molecular formula is C20H23F3N6O2. The van der Waals surface area contributed by atoms with Crippen molar-refractivity contribution in [3.8, 4) is 11.5 Å². The summed E-state index contributed by atoms with van der Waals surface area (Å²) in [4.78, 5) is 21.7. The first kappa shape index (κ1) is 21.3. The van der Waals surface area contributed by atoms with Gasteiger partial charge in [-0.3, -0.25) is 4.98 Å². The summed E-state index contributed by atoms with van der Waals surface area (Å²) in [5.74, 6) is -0.562. The fraction of sp³-hybridized carbons (Fsp3) is 0.500. The van der Waals surface area contributed by atoms with E-state index in [-0.39, 0.29) is 18.8 Å². The number of amides is 2. The Morgan fingerprint density at radius 1 is 1.35 bits per heavy atom. The van der Waals surface area contributed by atoms with E-state index in [9.17, 15) is 18.0 Å². The highest BCUT2D eigenvalue weighted by atomic mass is 19.4. The second kappa shape index (κ2) is 8.66. The Labute approximate surface area is 176 Å². The van der Waals surface area contributed by atoms with Gasteiger partial charge in [0.2, 0.25) is 11.7 Å². The van der Waals surface area contributed by atoms with Gasteiger partial charge in [0, 0.05) is 32.4 Å². The standard InChI is InChI=1S/C20H23F3N6O2/c21-20(22,23)19(17-27-16(28-31-17)15-3-1-2-8-25-15)7-12-29(13-19)18(30)26-11-6-14-4-9-24-10-5-14/h1-4,8,24H,5-7,9-13H2,(H,26,30). The van der Waals surface area contributed by atoms with Crippen LogP contribution in [0.4, 0.5) is 18.0 Å². The van der Waals surface area contributed by atoms with Crippen molar-refractivity contribution >= 4 is 6.03 Å². The van der Waals surface area contributed by atoms with E-state index in [2.05, 4.69) is 31.8 Å². The highest BCUT2D eigenvalue weighted by molar-refractivity contribution is 5.74. The normalized spacial score (nSPS) is 21.8. The van der Waals surface area contributed by atoms with Crippen LogP contribution in [0.15, 0.2) is 40.6 Å². The summed E-state index contributed by atoms with van der Waals surface area (Å²) in [7, 11) is 0. The zero-order valence-electron chi connectivity index (χ0n) is 16.8. The molecule has 8 nitrogen and oxygen atoms in total. The molecule has 1 fully saturated rings. The molecule has 0 aliphatic carbocycles. The van der Waals surface area contributed by atoms with E-state index in [1.807, 2.05) is 0 Å². The van der Waals surface area contributed by atoms with Gasteiger partial charge in [-0.1, -0.05) is 22.9 Å². The molecule has 2 aliphatic rings. The molecule has 0 radical (unpaired) electrons. The number of rotatable bonds is 5. The van der Waals surface area contributed by atoms with Gasteiger partial charge in [-0.15, -0.1) is 0 Å². The van der Waals surface area contributed by atoms with E-state index >= 15 is 0 Å². The minimum absolute atomic E-state index is 0.0163. The molecule has 1 saturated heterocycles. The second-order valence-electron chi connectivity index (χ2n) is 7.69. The van der Waals surface area contributed by atoms with Gasteiger partial charge >= 0.3 is 12.2 Å². The number of likely N-dealkylation sites (tertiary alicyclic amines) is 1. The lowest BCUT2D eigenvalue weighted by Crippen LogP contribution is -2.47. The third kappa shape index (κ3) is 4.41. The van der Waals surface area contributed by atoms with Crippen molar-refractivity contribution in [2.75, 3.05) is 32.7 Å². The van der Waals surface area contributed by atoms with Crippen molar-refractivity contribution in [3.63, 3.8) is 0 Å². The lowest BCUT2D eigenvalue weighted by Gasteiger charge is -2.28. The molecule has 166 valence electrons. The maximum absolute atomic E-state index is 14.1. The zero-order chi connectivity index (χ0) is 21.9. The molecule has 4 rings (SSSR count). The van der Waals surface area contributed by atoms with Crippen LogP contribution in [0, 0.1) is 0 Å². The first-order chi connectivity index (χ1) is 14.9. The quantitative estimate of drug-likeness (QED) is 0.700. The molecule has 0 saturated carbocycles. The molecule has 2 aromatic heterocycles. The van der Waals surface area contributed by atoms with Crippen LogP contribution >= 0.6 is 0 Å². The van der Waals surface area contributed by atoms with Gasteiger partial charge in [-0.25, -0.2) is 4.79 Å². The third-order valence-corrected chi connectivity index (χ3v) is 5.71. The summed E-state index contributed by atoms with van der Waals surface area (Å²) in [5.41, 5.74) is -0.852. The molecule has 0 aromatic carbocycles. The summed E-state index contributed by atoms with van der Waals surface area (Å²) >= 11 is 0. The topological polar surface area (TPSA) is 96.2 Å². The summed E-state index contributed by atoms with van der Waals surface area (Å²) in [6.45, 7) is 1.45. The number of nitrogens with zero attached hydrogens (tertiary/aromatic N) is 4. The maximum Gasteiger partial charge on any atom is 0.405 e. The van der Waals surface area contributed by atoms with Crippen LogP contribution in [0.25, 0.3) is 11.5 Å². The van der Waals surface area contributed by atoms with Crippen LogP contribution in [0.1, 0.15) is 25.2 Å². The van der Waals surface area contributed by atoms with Crippen molar-refractivity contribution in [3.05, 3.63) is 41.9 Å². The average Bonchev–Trinajstić information content (AvgIpc) is 3.43. The van der Waals surface area contributed by atoms with Gasteiger partial charge in [0.1, 0.15) is 5.69 Å². The first-order valence-electron chi connectivity index (χ1n) is 10.1. The predicted octanol–water partition coefficient (Wildman–Crippen LogP) is 2.66. The van der Waals surface area contributed by atoms with Gasteiger partial charge in [-0.2, -0.15) is 18.2 Å². The highest BCUT2D eigenvalue weighted by Gasteiger charge is 2.63. The molecule has 2 N–H and O–H groups in total. The fourth-order valence-electron chi connectivity index (χ4n) is 3.87. The highest BCUT2D eigenvalue weighted by Crippen LogP contribution is 2.47.